The minimum absolute atomic E-state index is 0.0474. The summed E-state index contributed by atoms with van der Waals surface area (Å²) in [6.45, 7) is 6.16. The average Bonchev–Trinajstić information content (AvgIpc) is 3.41. The average molecular weight is 444 g/mol. The predicted octanol–water partition coefficient (Wildman–Crippen LogP) is 3.34. The lowest BCUT2D eigenvalue weighted by atomic mass is 9.97. The van der Waals surface area contributed by atoms with Crippen molar-refractivity contribution in [2.45, 2.75) is 33.1 Å². The number of aromatic amines is 1. The Kier molecular flexibility index (Phi) is 5.81. The molecular weight excluding hydrogens is 414 g/mol. The number of hydrogen-bond acceptors (Lipinski definition) is 5. The van der Waals surface area contributed by atoms with Crippen molar-refractivity contribution in [3.05, 3.63) is 65.9 Å². The summed E-state index contributed by atoms with van der Waals surface area (Å²) in [5.74, 6) is 1.65. The Bertz CT molecular complexity index is 1270. The van der Waals surface area contributed by atoms with Crippen LogP contribution in [0.3, 0.4) is 0 Å². The van der Waals surface area contributed by atoms with Gasteiger partial charge in [-0.05, 0) is 50.8 Å². The van der Waals surface area contributed by atoms with Gasteiger partial charge in [0.2, 0.25) is 5.91 Å². The monoisotopic (exact) mass is 443 g/mol. The molecule has 1 atom stereocenters. The minimum atomic E-state index is -0.0474. The van der Waals surface area contributed by atoms with E-state index in [1.807, 2.05) is 49.0 Å². The lowest BCUT2D eigenvalue weighted by molar-refractivity contribution is -0.125. The summed E-state index contributed by atoms with van der Waals surface area (Å²) in [5.41, 5.74) is 4.35. The lowest BCUT2D eigenvalue weighted by Crippen LogP contribution is -2.43. The molecular formula is C25H29N7O. The van der Waals surface area contributed by atoms with Crippen molar-refractivity contribution in [1.82, 2.24) is 30.0 Å². The van der Waals surface area contributed by atoms with E-state index in [0.29, 0.717) is 13.1 Å². The van der Waals surface area contributed by atoms with Crippen LogP contribution in [-0.2, 0) is 11.2 Å². The number of fused-ring (bicyclic) bond motifs is 1. The molecule has 0 bridgehead atoms. The van der Waals surface area contributed by atoms with Crippen LogP contribution in [0.2, 0.25) is 0 Å². The van der Waals surface area contributed by atoms with Gasteiger partial charge in [0.15, 0.2) is 5.82 Å². The largest absolute Gasteiger partial charge is 0.361 e. The number of nitrogens with zero attached hydrogens (tertiary/aromatic N) is 5. The van der Waals surface area contributed by atoms with Crippen molar-refractivity contribution in [2.24, 2.45) is 5.92 Å². The van der Waals surface area contributed by atoms with Crippen LogP contribution in [0.15, 0.2) is 48.9 Å². The number of aromatic nitrogens is 5. The molecule has 0 spiro atoms. The molecule has 4 aromatic rings. The van der Waals surface area contributed by atoms with Crippen LogP contribution < -0.4 is 10.2 Å². The van der Waals surface area contributed by atoms with E-state index in [1.54, 1.807) is 6.33 Å². The van der Waals surface area contributed by atoms with E-state index in [1.165, 1.54) is 10.9 Å². The number of carbonyl (C=O) groups excluding carboxylic acids is 1. The van der Waals surface area contributed by atoms with Gasteiger partial charge in [-0.25, -0.2) is 14.6 Å². The van der Waals surface area contributed by atoms with Crippen LogP contribution in [0.5, 0.6) is 0 Å². The Hall–Kier alpha value is -3.68. The Morgan fingerprint density at radius 3 is 2.88 bits per heavy atom. The first-order valence-electron chi connectivity index (χ1n) is 11.5. The van der Waals surface area contributed by atoms with Crippen LogP contribution in [0.4, 0.5) is 5.82 Å². The number of rotatable bonds is 6. The predicted molar refractivity (Wildman–Crippen MR) is 129 cm³/mol. The van der Waals surface area contributed by atoms with E-state index in [0.717, 1.165) is 54.3 Å². The van der Waals surface area contributed by atoms with E-state index in [4.69, 9.17) is 0 Å². The third-order valence-electron chi connectivity index (χ3n) is 6.35. The van der Waals surface area contributed by atoms with Crippen molar-refractivity contribution in [3.8, 4) is 5.82 Å². The van der Waals surface area contributed by atoms with Gasteiger partial charge in [-0.15, -0.1) is 0 Å². The molecule has 1 aromatic carbocycles. The maximum atomic E-state index is 12.9. The highest BCUT2D eigenvalue weighted by Gasteiger charge is 2.26. The lowest BCUT2D eigenvalue weighted by Gasteiger charge is -2.33. The zero-order chi connectivity index (χ0) is 22.8. The van der Waals surface area contributed by atoms with Crippen LogP contribution in [0.1, 0.15) is 29.8 Å². The summed E-state index contributed by atoms with van der Waals surface area (Å²) in [5, 5.41) is 8.89. The van der Waals surface area contributed by atoms with E-state index >= 15 is 0 Å². The van der Waals surface area contributed by atoms with Gasteiger partial charge in [-0.3, -0.25) is 4.79 Å². The number of amides is 1. The van der Waals surface area contributed by atoms with Crippen molar-refractivity contribution in [3.63, 3.8) is 0 Å². The maximum Gasteiger partial charge on any atom is 0.224 e. The highest BCUT2D eigenvalue weighted by atomic mass is 16.1. The molecule has 3 aromatic heterocycles. The molecule has 1 aliphatic rings. The first kappa shape index (κ1) is 21.2. The zero-order valence-electron chi connectivity index (χ0n) is 19.1. The quantitative estimate of drug-likeness (QED) is 0.477. The van der Waals surface area contributed by atoms with E-state index in [2.05, 4.69) is 42.4 Å². The number of nitrogens with one attached hydrogen (secondary N) is 2. The van der Waals surface area contributed by atoms with Gasteiger partial charge in [-0.2, -0.15) is 5.10 Å². The zero-order valence-corrected chi connectivity index (χ0v) is 19.1. The van der Waals surface area contributed by atoms with Gasteiger partial charge in [0, 0.05) is 48.5 Å². The van der Waals surface area contributed by atoms with Crippen molar-refractivity contribution in [1.29, 1.82) is 0 Å². The first-order valence-corrected chi connectivity index (χ1v) is 11.5. The van der Waals surface area contributed by atoms with Crippen LogP contribution in [-0.4, -0.2) is 50.3 Å². The molecule has 4 heterocycles. The van der Waals surface area contributed by atoms with E-state index in [9.17, 15) is 4.79 Å². The molecule has 8 heteroatoms. The van der Waals surface area contributed by atoms with Crippen LogP contribution in [0, 0.1) is 19.8 Å². The second kappa shape index (κ2) is 9.05. The Labute approximate surface area is 193 Å². The highest BCUT2D eigenvalue weighted by Crippen LogP contribution is 2.23. The molecule has 1 saturated heterocycles. The molecule has 2 N–H and O–H groups in total. The molecule has 5 rings (SSSR count). The summed E-state index contributed by atoms with van der Waals surface area (Å²) in [4.78, 5) is 27.3. The third-order valence-corrected chi connectivity index (χ3v) is 6.35. The third kappa shape index (κ3) is 4.46. The molecule has 33 heavy (non-hydrogen) atoms. The Balaban J connectivity index is 1.21. The number of aryl methyl sites for hydroxylation is 2. The number of benzene rings is 1. The summed E-state index contributed by atoms with van der Waals surface area (Å²) in [6, 6.07) is 12.2. The van der Waals surface area contributed by atoms with Gasteiger partial charge in [-0.1, -0.05) is 18.2 Å². The van der Waals surface area contributed by atoms with Gasteiger partial charge in [0.25, 0.3) is 0 Å². The molecule has 1 fully saturated rings. The minimum Gasteiger partial charge on any atom is -0.361 e. The summed E-state index contributed by atoms with van der Waals surface area (Å²) < 4.78 is 1.83. The smallest absolute Gasteiger partial charge is 0.224 e. The standard InChI is InChI=1S/C25H29N7O/c1-17-12-18(2)32(30-17)24-13-23(28-16-29-24)31-11-5-6-20(15-31)25(33)26-10-9-19-14-27-22-8-4-3-7-21(19)22/h3-4,7-8,12-14,16,20,27H,5-6,9-11,15H2,1-2H3,(H,26,33). The first-order chi connectivity index (χ1) is 16.1. The van der Waals surface area contributed by atoms with Crippen molar-refractivity contribution < 1.29 is 4.79 Å². The van der Waals surface area contributed by atoms with Crippen LogP contribution in [0.25, 0.3) is 16.7 Å². The summed E-state index contributed by atoms with van der Waals surface area (Å²) in [6.07, 6.45) is 6.27. The van der Waals surface area contributed by atoms with Gasteiger partial charge >= 0.3 is 0 Å². The number of hydrogen-bond donors (Lipinski definition) is 2. The number of piperidine rings is 1. The summed E-state index contributed by atoms with van der Waals surface area (Å²) in [7, 11) is 0. The van der Waals surface area contributed by atoms with Gasteiger partial charge < -0.3 is 15.2 Å². The van der Waals surface area contributed by atoms with E-state index < -0.39 is 0 Å². The summed E-state index contributed by atoms with van der Waals surface area (Å²) >= 11 is 0. The SMILES string of the molecule is Cc1cc(C)n(-c2cc(N3CCCC(C(=O)NCCc4c[nH]c5ccccc45)C3)ncn2)n1. The highest BCUT2D eigenvalue weighted by molar-refractivity contribution is 5.83. The molecule has 0 saturated carbocycles. The number of carbonyl (C=O) groups is 1. The fourth-order valence-electron chi connectivity index (χ4n) is 4.69. The molecule has 0 radical (unpaired) electrons. The topological polar surface area (TPSA) is 91.7 Å². The molecule has 1 unspecified atom stereocenters. The Morgan fingerprint density at radius 1 is 1.18 bits per heavy atom. The van der Waals surface area contributed by atoms with Crippen molar-refractivity contribution in [2.75, 3.05) is 24.5 Å². The number of H-pyrrole nitrogens is 1. The fourth-order valence-corrected chi connectivity index (χ4v) is 4.69. The van der Waals surface area contributed by atoms with Crippen LogP contribution >= 0.6 is 0 Å². The normalized spacial score (nSPS) is 16.3. The van der Waals surface area contributed by atoms with E-state index in [-0.39, 0.29) is 11.8 Å². The second-order valence-electron chi connectivity index (χ2n) is 8.76. The maximum absolute atomic E-state index is 12.9. The van der Waals surface area contributed by atoms with Crippen molar-refractivity contribution >= 4 is 22.6 Å². The number of anilines is 1. The van der Waals surface area contributed by atoms with Gasteiger partial charge in [0.1, 0.15) is 12.1 Å². The fraction of sp³-hybridized carbons (Fsp3) is 0.360. The number of para-hydroxylation sites is 1. The molecule has 1 amide bonds. The molecule has 170 valence electrons. The second-order valence-corrected chi connectivity index (χ2v) is 8.76. The molecule has 8 nitrogen and oxygen atoms in total. The Morgan fingerprint density at radius 2 is 2.03 bits per heavy atom. The molecule has 1 aliphatic heterocycles. The van der Waals surface area contributed by atoms with Gasteiger partial charge in [0.05, 0.1) is 11.6 Å². The molecule has 0 aliphatic carbocycles.